The molecule has 2 aliphatic heterocycles. The van der Waals surface area contributed by atoms with Crippen LogP contribution >= 0.6 is 0 Å². The van der Waals surface area contributed by atoms with Crippen molar-refractivity contribution < 1.29 is 16.0 Å². The molecule has 1 fully saturated rings. The Morgan fingerprint density at radius 1 is 1.24 bits per heavy atom. The van der Waals surface area contributed by atoms with Gasteiger partial charge in [-0.2, -0.15) is 0 Å². The highest BCUT2D eigenvalue weighted by molar-refractivity contribution is 6.14. The Morgan fingerprint density at radius 3 is 3.09 bits per heavy atom. The van der Waals surface area contributed by atoms with Crippen LogP contribution in [0.25, 0.3) is 0 Å². The third kappa shape index (κ3) is 5.26. The van der Waals surface area contributed by atoms with Gasteiger partial charge in [-0.1, -0.05) is 24.3 Å². The number of aliphatic hydroxyl groups is 1. The minimum atomic E-state index is -0.0157. The highest BCUT2D eigenvalue weighted by Gasteiger charge is 2.44. The van der Waals surface area contributed by atoms with E-state index in [1.165, 1.54) is 0 Å². The molecular weight excluding hydrogens is 416 g/mol. The highest BCUT2D eigenvalue weighted by atomic mass is 16.5. The van der Waals surface area contributed by atoms with E-state index < -0.39 is 0 Å². The number of guanidine groups is 1. The number of rotatable bonds is 3. The summed E-state index contributed by atoms with van der Waals surface area (Å²) in [5.74, 6) is 2.68. The molecule has 3 aliphatic rings. The largest absolute Gasteiger partial charge is 0.493 e. The Kier molecular flexibility index (Phi) is 6.41. The van der Waals surface area contributed by atoms with Crippen LogP contribution in [0, 0.1) is 5.92 Å². The van der Waals surface area contributed by atoms with E-state index in [2.05, 4.69) is 47.6 Å². The molecule has 2 unspecified atom stereocenters. The number of ether oxygens (including phenoxy) is 2. The summed E-state index contributed by atoms with van der Waals surface area (Å²) in [5.41, 5.74) is 4.14. The number of aliphatic imine (C=N–C) groups is 2. The molecule has 0 saturated heterocycles. The number of hydrogen-bond acceptors (Lipinski definition) is 7. The molecule has 1 saturated carbocycles. The quantitative estimate of drug-likeness (QED) is 0.700. The fraction of sp³-hybridized carbons (Fsp3) is 0.385. The fourth-order valence-electron chi connectivity index (χ4n) is 4.26. The van der Waals surface area contributed by atoms with Crippen LogP contribution in [0.2, 0.25) is 0 Å². The first-order valence-corrected chi connectivity index (χ1v) is 11.6. The van der Waals surface area contributed by atoms with Crippen molar-refractivity contribution in [1.29, 1.82) is 0 Å². The van der Waals surface area contributed by atoms with Crippen LogP contribution in [-0.2, 0) is 6.54 Å². The van der Waals surface area contributed by atoms with E-state index in [0.29, 0.717) is 25.0 Å². The minimum absolute atomic E-state index is 0. The van der Waals surface area contributed by atoms with E-state index in [0.717, 1.165) is 53.4 Å². The van der Waals surface area contributed by atoms with E-state index in [1.807, 2.05) is 24.3 Å². The monoisotopic (exact) mass is 448 g/mol. The third-order valence-corrected chi connectivity index (χ3v) is 5.99. The molecule has 2 N–H and O–H groups in total. The smallest absolute Gasteiger partial charge is 0.223 e. The van der Waals surface area contributed by atoms with Crippen molar-refractivity contribution in [2.24, 2.45) is 15.9 Å². The summed E-state index contributed by atoms with van der Waals surface area (Å²) in [6.45, 7) is 2.42. The van der Waals surface area contributed by atoms with Crippen molar-refractivity contribution in [3.8, 4) is 11.5 Å². The summed E-state index contributed by atoms with van der Waals surface area (Å²) in [4.78, 5) is 11.9. The molecule has 2 heterocycles. The first kappa shape index (κ1) is 21.7. The van der Waals surface area contributed by atoms with Crippen molar-refractivity contribution >= 4 is 17.4 Å². The van der Waals surface area contributed by atoms with Crippen molar-refractivity contribution in [2.45, 2.75) is 25.4 Å². The standard InChI is InChI=1S/C26H30N4O3.H2/c1-30-10-3-2-4-12-32-21-7-5-6-18(15-21)25-22-16-23(22)28-26(29-25)27-20-8-9-24(33-13-11-31)19(14-20)17-30;/h2-3,5-9,14-15,22-23,31H,4,10-13,16-17H2,1H3,(H,27,28);1H/b3-2+;. The maximum absolute atomic E-state index is 9.19. The average Bonchev–Trinajstić information content (AvgIpc) is 3.59. The van der Waals surface area contributed by atoms with Gasteiger partial charge in [0, 0.05) is 37.2 Å². The zero-order valence-corrected chi connectivity index (χ0v) is 18.9. The van der Waals surface area contributed by atoms with Gasteiger partial charge in [0.25, 0.3) is 0 Å². The number of fused-ring (bicyclic) bond motifs is 8. The summed E-state index contributed by atoms with van der Waals surface area (Å²) in [7, 11) is 2.08. The molecule has 7 heteroatoms. The number of anilines is 1. The second-order valence-electron chi connectivity index (χ2n) is 8.71. The molecule has 2 aromatic rings. The molecule has 5 rings (SSSR count). The van der Waals surface area contributed by atoms with E-state index in [-0.39, 0.29) is 20.7 Å². The van der Waals surface area contributed by atoms with Gasteiger partial charge < -0.3 is 19.9 Å². The maximum Gasteiger partial charge on any atom is 0.223 e. The van der Waals surface area contributed by atoms with Crippen LogP contribution in [0.3, 0.4) is 0 Å². The normalized spacial score (nSPS) is 23.5. The summed E-state index contributed by atoms with van der Waals surface area (Å²) in [6, 6.07) is 14.5. The van der Waals surface area contributed by atoms with Gasteiger partial charge in [-0.15, -0.1) is 0 Å². The number of nitrogens with one attached hydrogen (secondary N) is 1. The van der Waals surface area contributed by atoms with E-state index >= 15 is 0 Å². The molecular formula is C26H32N4O3. The third-order valence-electron chi connectivity index (χ3n) is 5.99. The van der Waals surface area contributed by atoms with Crippen LogP contribution in [0.5, 0.6) is 11.5 Å². The van der Waals surface area contributed by atoms with Crippen LogP contribution < -0.4 is 14.8 Å². The number of benzene rings is 2. The summed E-state index contributed by atoms with van der Waals surface area (Å²) in [6.07, 6.45) is 6.21. The molecule has 6 bridgehead atoms. The predicted molar refractivity (Wildman–Crippen MR) is 133 cm³/mol. The van der Waals surface area contributed by atoms with Crippen molar-refractivity contribution in [2.75, 3.05) is 38.7 Å². The number of hydrogen-bond donors (Lipinski definition) is 2. The molecule has 0 radical (unpaired) electrons. The topological polar surface area (TPSA) is 78.7 Å². The van der Waals surface area contributed by atoms with Crippen molar-refractivity contribution in [1.82, 2.24) is 4.90 Å². The van der Waals surface area contributed by atoms with E-state index in [9.17, 15) is 5.11 Å². The van der Waals surface area contributed by atoms with Crippen LogP contribution in [0.15, 0.2) is 64.6 Å². The zero-order chi connectivity index (χ0) is 22.6. The van der Waals surface area contributed by atoms with Gasteiger partial charge in [0.05, 0.1) is 25.0 Å². The van der Waals surface area contributed by atoms with Crippen LogP contribution in [0.1, 0.15) is 25.4 Å². The zero-order valence-electron chi connectivity index (χ0n) is 18.9. The molecule has 174 valence electrons. The Bertz CT molecular complexity index is 1100. The SMILES string of the molecule is CN1C/C=C/CCOc2cccc(c2)C2=NC(=NC3CC23)Nc2ccc(OCCO)c(c2)C1.[HH]. The van der Waals surface area contributed by atoms with Crippen molar-refractivity contribution in [3.63, 3.8) is 0 Å². The molecule has 1 aliphatic carbocycles. The predicted octanol–water partition coefficient (Wildman–Crippen LogP) is 3.73. The summed E-state index contributed by atoms with van der Waals surface area (Å²) >= 11 is 0. The van der Waals surface area contributed by atoms with Crippen LogP contribution in [-0.4, -0.2) is 61.1 Å². The lowest BCUT2D eigenvalue weighted by atomic mass is 10.0. The lowest BCUT2D eigenvalue weighted by Gasteiger charge is -2.19. The van der Waals surface area contributed by atoms with Gasteiger partial charge in [-0.3, -0.25) is 4.90 Å². The lowest BCUT2D eigenvalue weighted by Crippen LogP contribution is -2.21. The first-order valence-electron chi connectivity index (χ1n) is 11.6. The van der Waals surface area contributed by atoms with Gasteiger partial charge in [0.1, 0.15) is 18.1 Å². The fourth-order valence-corrected chi connectivity index (χ4v) is 4.26. The Balaban J connectivity index is 0.00000274. The van der Waals surface area contributed by atoms with Crippen LogP contribution in [0.4, 0.5) is 5.69 Å². The van der Waals surface area contributed by atoms with Crippen molar-refractivity contribution in [3.05, 3.63) is 65.7 Å². The summed E-state index contributed by atoms with van der Waals surface area (Å²) < 4.78 is 11.8. The second-order valence-corrected chi connectivity index (χ2v) is 8.71. The molecule has 0 spiro atoms. The Hall–Kier alpha value is -3.16. The van der Waals surface area contributed by atoms with E-state index in [1.54, 1.807) is 0 Å². The minimum Gasteiger partial charge on any atom is -0.493 e. The molecule has 33 heavy (non-hydrogen) atoms. The molecule has 2 aromatic carbocycles. The molecule has 0 aromatic heterocycles. The molecule has 0 amide bonds. The number of nitrogens with zero attached hydrogens (tertiary/aromatic N) is 3. The molecule has 7 nitrogen and oxygen atoms in total. The number of likely N-dealkylation sites (N-methyl/N-ethyl adjacent to an activating group) is 1. The Labute approximate surface area is 195 Å². The van der Waals surface area contributed by atoms with Gasteiger partial charge in [0.2, 0.25) is 5.96 Å². The second kappa shape index (κ2) is 9.77. The number of aliphatic hydroxyl groups excluding tert-OH is 1. The first-order chi connectivity index (χ1) is 16.2. The maximum atomic E-state index is 9.19. The van der Waals surface area contributed by atoms with E-state index in [4.69, 9.17) is 19.5 Å². The van der Waals surface area contributed by atoms with Gasteiger partial charge in [-0.05, 0) is 50.2 Å². The van der Waals surface area contributed by atoms with Gasteiger partial charge in [-0.25, -0.2) is 9.98 Å². The van der Waals surface area contributed by atoms with Gasteiger partial charge >= 0.3 is 0 Å². The highest BCUT2D eigenvalue weighted by Crippen LogP contribution is 2.40. The summed E-state index contributed by atoms with van der Waals surface area (Å²) in [5, 5.41) is 12.6. The average molecular weight is 449 g/mol. The Morgan fingerprint density at radius 2 is 2.18 bits per heavy atom. The lowest BCUT2D eigenvalue weighted by molar-refractivity contribution is 0.199. The molecule has 2 atom stereocenters. The van der Waals surface area contributed by atoms with Gasteiger partial charge in [0.15, 0.2) is 0 Å².